The number of carboxylic acid groups (broad SMARTS) is 1. The minimum Gasteiger partial charge on any atom is -0.479 e. The van der Waals surface area contributed by atoms with Gasteiger partial charge < -0.3 is 19.4 Å². The number of carbonyl (C=O) groups excluding carboxylic acids is 1. The number of hydrogen-bond acceptors (Lipinski definition) is 4. The highest BCUT2D eigenvalue weighted by Crippen LogP contribution is 2.28. The van der Waals surface area contributed by atoms with Gasteiger partial charge in [0, 0.05) is 31.1 Å². The Morgan fingerprint density at radius 2 is 2.17 bits per heavy atom. The minimum absolute atomic E-state index is 0.228. The third kappa shape index (κ3) is 2.15. The SMILES string of the molecule is Cc1ccc2nc(C(=O)N3CCc4[nH]cnc4[C@H]3C(=O)O)cn2c1. The number of amides is 1. The van der Waals surface area contributed by atoms with Crippen molar-refractivity contribution in [2.45, 2.75) is 19.4 Å². The van der Waals surface area contributed by atoms with Gasteiger partial charge in [-0.15, -0.1) is 0 Å². The zero-order chi connectivity index (χ0) is 16.8. The predicted molar refractivity (Wildman–Crippen MR) is 83.6 cm³/mol. The van der Waals surface area contributed by atoms with Gasteiger partial charge >= 0.3 is 5.97 Å². The molecular weight excluding hydrogens is 310 g/mol. The number of carboxylic acids is 1. The molecule has 0 aliphatic carbocycles. The highest BCUT2D eigenvalue weighted by molar-refractivity contribution is 5.96. The van der Waals surface area contributed by atoms with Gasteiger partial charge in [0.25, 0.3) is 5.91 Å². The Morgan fingerprint density at radius 1 is 1.33 bits per heavy atom. The van der Waals surface area contributed by atoms with Crippen LogP contribution in [0.4, 0.5) is 0 Å². The van der Waals surface area contributed by atoms with E-state index in [1.165, 1.54) is 11.2 Å². The third-order valence-electron chi connectivity index (χ3n) is 4.24. The molecule has 122 valence electrons. The van der Waals surface area contributed by atoms with Crippen LogP contribution in [0.3, 0.4) is 0 Å². The van der Waals surface area contributed by atoms with Crippen LogP contribution in [0.25, 0.3) is 5.65 Å². The smallest absolute Gasteiger partial charge is 0.332 e. The Hall–Kier alpha value is -3.16. The monoisotopic (exact) mass is 325 g/mol. The first kappa shape index (κ1) is 14.4. The van der Waals surface area contributed by atoms with Gasteiger partial charge in [-0.3, -0.25) is 4.79 Å². The second-order valence-corrected chi connectivity index (χ2v) is 5.85. The van der Waals surface area contributed by atoms with E-state index in [1.807, 2.05) is 25.3 Å². The van der Waals surface area contributed by atoms with Gasteiger partial charge in [-0.25, -0.2) is 14.8 Å². The maximum atomic E-state index is 12.8. The summed E-state index contributed by atoms with van der Waals surface area (Å²) in [5.74, 6) is -1.51. The largest absolute Gasteiger partial charge is 0.479 e. The van der Waals surface area contributed by atoms with Crippen molar-refractivity contribution in [2.75, 3.05) is 6.54 Å². The number of nitrogens with one attached hydrogen (secondary N) is 1. The molecule has 0 unspecified atom stereocenters. The number of nitrogens with zero attached hydrogens (tertiary/aromatic N) is 4. The van der Waals surface area contributed by atoms with E-state index in [4.69, 9.17) is 0 Å². The summed E-state index contributed by atoms with van der Waals surface area (Å²) >= 11 is 0. The zero-order valence-corrected chi connectivity index (χ0v) is 12.9. The van der Waals surface area contributed by atoms with E-state index < -0.39 is 17.9 Å². The molecule has 1 amide bonds. The number of aromatic amines is 1. The highest BCUT2D eigenvalue weighted by Gasteiger charge is 2.38. The van der Waals surface area contributed by atoms with Crippen molar-refractivity contribution in [1.29, 1.82) is 0 Å². The van der Waals surface area contributed by atoms with E-state index in [0.29, 0.717) is 24.3 Å². The van der Waals surface area contributed by atoms with Crippen molar-refractivity contribution in [1.82, 2.24) is 24.3 Å². The molecule has 1 aliphatic rings. The van der Waals surface area contributed by atoms with Gasteiger partial charge in [0.15, 0.2) is 6.04 Å². The lowest BCUT2D eigenvalue weighted by Crippen LogP contribution is -2.43. The van der Waals surface area contributed by atoms with Crippen LogP contribution in [0, 0.1) is 6.92 Å². The Kier molecular flexibility index (Phi) is 3.12. The van der Waals surface area contributed by atoms with Gasteiger partial charge in [-0.2, -0.15) is 0 Å². The van der Waals surface area contributed by atoms with E-state index in [1.54, 1.807) is 10.6 Å². The van der Waals surface area contributed by atoms with Crippen molar-refractivity contribution in [3.05, 3.63) is 53.5 Å². The van der Waals surface area contributed by atoms with E-state index >= 15 is 0 Å². The molecule has 0 spiro atoms. The van der Waals surface area contributed by atoms with Crippen LogP contribution < -0.4 is 0 Å². The Labute approximate surface area is 136 Å². The second-order valence-electron chi connectivity index (χ2n) is 5.85. The zero-order valence-electron chi connectivity index (χ0n) is 12.9. The van der Waals surface area contributed by atoms with Crippen molar-refractivity contribution in [3.63, 3.8) is 0 Å². The maximum Gasteiger partial charge on any atom is 0.332 e. The maximum absolute atomic E-state index is 12.8. The highest BCUT2D eigenvalue weighted by atomic mass is 16.4. The first-order valence-corrected chi connectivity index (χ1v) is 7.56. The molecule has 0 aromatic carbocycles. The van der Waals surface area contributed by atoms with Crippen LogP contribution in [0.15, 0.2) is 30.9 Å². The van der Waals surface area contributed by atoms with E-state index in [9.17, 15) is 14.7 Å². The first-order valence-electron chi connectivity index (χ1n) is 7.56. The van der Waals surface area contributed by atoms with Crippen molar-refractivity contribution in [3.8, 4) is 0 Å². The number of hydrogen-bond donors (Lipinski definition) is 2. The standard InChI is InChI=1S/C16H15N5O3/c1-9-2-3-12-19-11(7-20(12)6-9)15(22)21-5-4-10-13(18-8-17-10)14(21)16(23)24/h2-3,6-8,14H,4-5H2,1H3,(H,17,18)(H,23,24)/t14-/m0/s1. The van der Waals surface area contributed by atoms with Crippen molar-refractivity contribution < 1.29 is 14.7 Å². The Bertz CT molecular complexity index is 958. The van der Waals surface area contributed by atoms with Gasteiger partial charge in [-0.1, -0.05) is 6.07 Å². The molecule has 24 heavy (non-hydrogen) atoms. The fraction of sp³-hybridized carbons (Fsp3) is 0.250. The first-order chi connectivity index (χ1) is 11.5. The van der Waals surface area contributed by atoms with Gasteiger partial charge in [-0.05, 0) is 18.6 Å². The Morgan fingerprint density at radius 3 is 2.96 bits per heavy atom. The number of H-pyrrole nitrogens is 1. The lowest BCUT2D eigenvalue weighted by molar-refractivity contribution is -0.143. The molecule has 1 atom stereocenters. The van der Waals surface area contributed by atoms with Crippen molar-refractivity contribution >= 4 is 17.5 Å². The topological polar surface area (TPSA) is 104 Å². The molecule has 0 radical (unpaired) electrons. The van der Waals surface area contributed by atoms with E-state index in [2.05, 4.69) is 15.0 Å². The average Bonchev–Trinajstić information content (AvgIpc) is 3.18. The number of fused-ring (bicyclic) bond motifs is 2. The summed E-state index contributed by atoms with van der Waals surface area (Å²) < 4.78 is 1.77. The lowest BCUT2D eigenvalue weighted by Gasteiger charge is -2.31. The molecular formula is C16H15N5O3. The quantitative estimate of drug-likeness (QED) is 0.736. The minimum atomic E-state index is -1.10. The predicted octanol–water partition coefficient (Wildman–Crippen LogP) is 1.19. The molecule has 8 nitrogen and oxygen atoms in total. The molecule has 0 fully saturated rings. The number of imidazole rings is 2. The fourth-order valence-electron chi connectivity index (χ4n) is 3.10. The summed E-state index contributed by atoms with van der Waals surface area (Å²) in [6.07, 6.45) is 5.50. The van der Waals surface area contributed by atoms with Crippen LogP contribution in [0.5, 0.6) is 0 Å². The summed E-state index contributed by atoms with van der Waals surface area (Å²) in [6.45, 7) is 2.25. The molecule has 8 heteroatoms. The molecule has 0 saturated heterocycles. The number of aryl methyl sites for hydroxylation is 1. The molecule has 3 aromatic rings. The second kappa shape index (κ2) is 5.19. The molecule has 3 aromatic heterocycles. The summed E-state index contributed by atoms with van der Waals surface area (Å²) in [5.41, 5.74) is 3.07. The number of rotatable bonds is 2. The molecule has 0 bridgehead atoms. The van der Waals surface area contributed by atoms with Gasteiger partial charge in [0.05, 0.1) is 12.0 Å². The third-order valence-corrected chi connectivity index (χ3v) is 4.24. The molecule has 4 rings (SSSR count). The average molecular weight is 325 g/mol. The van der Waals surface area contributed by atoms with Gasteiger partial charge in [0.2, 0.25) is 0 Å². The summed E-state index contributed by atoms with van der Waals surface area (Å²) in [6, 6.07) is 2.63. The lowest BCUT2D eigenvalue weighted by atomic mass is 10.0. The number of aliphatic carboxylic acids is 1. The normalized spacial score (nSPS) is 17.0. The number of carbonyl (C=O) groups is 2. The molecule has 1 aliphatic heterocycles. The number of aromatic nitrogens is 4. The van der Waals surface area contributed by atoms with Gasteiger partial charge in [0.1, 0.15) is 11.3 Å². The number of pyridine rings is 1. The van der Waals surface area contributed by atoms with E-state index in [0.717, 1.165) is 11.3 Å². The Balaban J connectivity index is 1.73. The van der Waals surface area contributed by atoms with Crippen LogP contribution in [-0.2, 0) is 11.2 Å². The van der Waals surface area contributed by atoms with Crippen LogP contribution in [0.1, 0.15) is 33.5 Å². The summed E-state index contributed by atoms with van der Waals surface area (Å²) in [5, 5.41) is 9.57. The summed E-state index contributed by atoms with van der Waals surface area (Å²) in [4.78, 5) is 37.2. The van der Waals surface area contributed by atoms with Crippen molar-refractivity contribution in [2.24, 2.45) is 0 Å². The fourth-order valence-corrected chi connectivity index (χ4v) is 3.10. The van der Waals surface area contributed by atoms with Crippen LogP contribution in [-0.4, -0.2) is 47.8 Å². The molecule has 0 saturated carbocycles. The molecule has 2 N–H and O–H groups in total. The van der Waals surface area contributed by atoms with Crippen LogP contribution in [0.2, 0.25) is 0 Å². The van der Waals surface area contributed by atoms with Crippen LogP contribution >= 0.6 is 0 Å². The summed E-state index contributed by atoms with van der Waals surface area (Å²) in [7, 11) is 0. The van der Waals surface area contributed by atoms with E-state index in [-0.39, 0.29) is 5.69 Å². The molecule has 4 heterocycles.